The standard InChI is InChI=1S/C24H24N6O2/c31-24(19-9-5-2-6-10-19)26-21-11-14-25-30(21)20-12-15-29(16-13-20)17-22-27-23(28-32-22)18-7-3-1-4-8-18/h1-11,14,20H,12-13,15-17H2,(H,26,31). The van der Waals surface area contributed by atoms with Gasteiger partial charge < -0.3 is 9.84 Å². The molecule has 0 aliphatic carbocycles. The van der Waals surface area contributed by atoms with E-state index in [1.165, 1.54) is 0 Å². The van der Waals surface area contributed by atoms with Gasteiger partial charge in [-0.05, 0) is 25.0 Å². The fourth-order valence-corrected chi connectivity index (χ4v) is 4.02. The quantitative estimate of drug-likeness (QED) is 0.499. The Labute approximate surface area is 185 Å². The summed E-state index contributed by atoms with van der Waals surface area (Å²) >= 11 is 0. The average molecular weight is 428 g/mol. The first-order valence-corrected chi connectivity index (χ1v) is 10.8. The van der Waals surface area contributed by atoms with E-state index in [1.54, 1.807) is 18.3 Å². The second-order valence-electron chi connectivity index (χ2n) is 7.87. The van der Waals surface area contributed by atoms with Gasteiger partial charge >= 0.3 is 0 Å². The topological polar surface area (TPSA) is 89.1 Å². The molecule has 8 nitrogen and oxygen atoms in total. The summed E-state index contributed by atoms with van der Waals surface area (Å²) in [7, 11) is 0. The van der Waals surface area contributed by atoms with Crippen molar-refractivity contribution in [3.8, 4) is 11.4 Å². The first-order valence-electron chi connectivity index (χ1n) is 10.8. The number of aromatic nitrogens is 4. The van der Waals surface area contributed by atoms with Crippen LogP contribution in [-0.2, 0) is 6.54 Å². The van der Waals surface area contributed by atoms with Crippen LogP contribution in [0.3, 0.4) is 0 Å². The number of likely N-dealkylation sites (tertiary alicyclic amines) is 1. The molecule has 8 heteroatoms. The normalized spacial score (nSPS) is 15.0. The van der Waals surface area contributed by atoms with Gasteiger partial charge in [0, 0.05) is 30.3 Å². The monoisotopic (exact) mass is 428 g/mol. The van der Waals surface area contributed by atoms with Crippen LogP contribution in [-0.4, -0.2) is 43.8 Å². The fraction of sp³-hybridized carbons (Fsp3) is 0.250. The summed E-state index contributed by atoms with van der Waals surface area (Å²) in [5.74, 6) is 1.83. The zero-order valence-corrected chi connectivity index (χ0v) is 17.6. The molecular weight excluding hydrogens is 404 g/mol. The lowest BCUT2D eigenvalue weighted by atomic mass is 10.1. The van der Waals surface area contributed by atoms with E-state index in [0.717, 1.165) is 37.3 Å². The summed E-state index contributed by atoms with van der Waals surface area (Å²) < 4.78 is 7.39. The zero-order chi connectivity index (χ0) is 21.8. The van der Waals surface area contributed by atoms with Crippen molar-refractivity contribution in [2.24, 2.45) is 0 Å². The minimum Gasteiger partial charge on any atom is -0.338 e. The summed E-state index contributed by atoms with van der Waals surface area (Å²) in [6.07, 6.45) is 3.58. The largest absolute Gasteiger partial charge is 0.338 e. The molecule has 0 atom stereocenters. The number of nitrogens with one attached hydrogen (secondary N) is 1. The van der Waals surface area contributed by atoms with Gasteiger partial charge in [-0.2, -0.15) is 10.1 Å². The van der Waals surface area contributed by atoms with Crippen LogP contribution >= 0.6 is 0 Å². The van der Waals surface area contributed by atoms with Crippen molar-refractivity contribution in [3.63, 3.8) is 0 Å². The molecule has 1 saturated heterocycles. The maximum Gasteiger partial charge on any atom is 0.256 e. The van der Waals surface area contributed by atoms with Gasteiger partial charge in [0.25, 0.3) is 5.91 Å². The van der Waals surface area contributed by atoms with E-state index in [9.17, 15) is 4.79 Å². The third-order valence-electron chi connectivity index (χ3n) is 5.71. The minimum absolute atomic E-state index is 0.129. The van der Waals surface area contributed by atoms with Crippen molar-refractivity contribution in [1.29, 1.82) is 0 Å². The lowest BCUT2D eigenvalue weighted by Gasteiger charge is -2.31. The number of piperidine rings is 1. The lowest BCUT2D eigenvalue weighted by Crippen LogP contribution is -2.35. The first kappa shape index (κ1) is 20.1. The molecule has 0 bridgehead atoms. The highest BCUT2D eigenvalue weighted by Gasteiger charge is 2.24. The number of benzene rings is 2. The Morgan fingerprint density at radius 2 is 1.72 bits per heavy atom. The molecule has 1 N–H and O–H groups in total. The van der Waals surface area contributed by atoms with Gasteiger partial charge in [-0.3, -0.25) is 9.69 Å². The molecule has 0 unspecified atom stereocenters. The summed E-state index contributed by atoms with van der Waals surface area (Å²) in [4.78, 5) is 19.4. The minimum atomic E-state index is -0.129. The highest BCUT2D eigenvalue weighted by Crippen LogP contribution is 2.26. The smallest absolute Gasteiger partial charge is 0.256 e. The third-order valence-corrected chi connectivity index (χ3v) is 5.71. The Morgan fingerprint density at radius 3 is 2.47 bits per heavy atom. The highest BCUT2D eigenvalue weighted by molar-refractivity contribution is 6.03. The molecule has 4 aromatic rings. The molecule has 1 aliphatic heterocycles. The van der Waals surface area contributed by atoms with Crippen molar-refractivity contribution in [2.75, 3.05) is 18.4 Å². The van der Waals surface area contributed by atoms with Crippen LogP contribution in [0.1, 0.15) is 35.1 Å². The summed E-state index contributed by atoms with van der Waals surface area (Å²) in [6.45, 7) is 2.41. The number of amides is 1. The Balaban J connectivity index is 1.18. The van der Waals surface area contributed by atoms with Crippen molar-refractivity contribution in [2.45, 2.75) is 25.4 Å². The molecule has 0 spiro atoms. The van der Waals surface area contributed by atoms with E-state index in [-0.39, 0.29) is 11.9 Å². The molecule has 3 heterocycles. The number of carbonyl (C=O) groups excluding carboxylic acids is 1. The molecule has 0 radical (unpaired) electrons. The molecule has 2 aromatic carbocycles. The van der Waals surface area contributed by atoms with E-state index < -0.39 is 0 Å². The van der Waals surface area contributed by atoms with E-state index in [1.807, 2.05) is 59.3 Å². The number of carbonyl (C=O) groups is 1. The predicted octanol–water partition coefficient (Wildman–Crippen LogP) is 4.02. The summed E-state index contributed by atoms with van der Waals surface area (Å²) in [5, 5.41) is 11.6. The highest BCUT2D eigenvalue weighted by atomic mass is 16.5. The molecule has 1 fully saturated rings. The number of hydrogen-bond acceptors (Lipinski definition) is 6. The van der Waals surface area contributed by atoms with Gasteiger partial charge in [-0.1, -0.05) is 53.7 Å². The second-order valence-corrected chi connectivity index (χ2v) is 7.87. The Morgan fingerprint density at radius 1 is 1.00 bits per heavy atom. The molecule has 5 rings (SSSR count). The van der Waals surface area contributed by atoms with E-state index in [0.29, 0.717) is 23.8 Å². The van der Waals surface area contributed by atoms with Gasteiger partial charge in [0.15, 0.2) is 0 Å². The predicted molar refractivity (Wildman–Crippen MR) is 120 cm³/mol. The summed E-state index contributed by atoms with van der Waals surface area (Å²) in [5.41, 5.74) is 1.58. The number of nitrogens with zero attached hydrogens (tertiary/aromatic N) is 5. The fourth-order valence-electron chi connectivity index (χ4n) is 4.02. The van der Waals surface area contributed by atoms with Crippen LogP contribution in [0.25, 0.3) is 11.4 Å². The van der Waals surface area contributed by atoms with Crippen LogP contribution in [0, 0.1) is 0 Å². The van der Waals surface area contributed by atoms with Gasteiger partial charge in [0.05, 0.1) is 18.8 Å². The molecule has 1 amide bonds. The summed E-state index contributed by atoms with van der Waals surface area (Å²) in [6, 6.07) is 21.1. The van der Waals surface area contributed by atoms with Crippen molar-refractivity contribution in [1.82, 2.24) is 24.8 Å². The van der Waals surface area contributed by atoms with E-state index >= 15 is 0 Å². The second kappa shape index (κ2) is 9.15. The van der Waals surface area contributed by atoms with E-state index in [2.05, 4.69) is 25.5 Å². The maximum atomic E-state index is 12.5. The maximum absolute atomic E-state index is 12.5. The van der Waals surface area contributed by atoms with Crippen LogP contribution in [0.15, 0.2) is 77.4 Å². The molecule has 0 saturated carbocycles. The van der Waals surface area contributed by atoms with E-state index in [4.69, 9.17) is 4.52 Å². The third kappa shape index (κ3) is 4.45. The van der Waals surface area contributed by atoms with Crippen LogP contribution in [0.2, 0.25) is 0 Å². The Bertz CT molecular complexity index is 1160. The zero-order valence-electron chi connectivity index (χ0n) is 17.6. The van der Waals surface area contributed by atoms with Gasteiger partial charge in [0.1, 0.15) is 5.82 Å². The lowest BCUT2D eigenvalue weighted by molar-refractivity contribution is 0.102. The molecule has 2 aromatic heterocycles. The molecule has 162 valence electrons. The first-order chi connectivity index (χ1) is 15.8. The van der Waals surface area contributed by atoms with Crippen LogP contribution in [0.5, 0.6) is 0 Å². The van der Waals surface area contributed by atoms with Crippen LogP contribution < -0.4 is 5.32 Å². The Hall–Kier alpha value is -3.78. The molecule has 32 heavy (non-hydrogen) atoms. The van der Waals surface area contributed by atoms with Crippen molar-refractivity contribution < 1.29 is 9.32 Å². The SMILES string of the molecule is O=C(Nc1ccnn1C1CCN(Cc2nc(-c3ccccc3)no2)CC1)c1ccccc1. The van der Waals surface area contributed by atoms with Crippen molar-refractivity contribution in [3.05, 3.63) is 84.4 Å². The number of anilines is 1. The van der Waals surface area contributed by atoms with Crippen molar-refractivity contribution >= 4 is 11.7 Å². The van der Waals surface area contributed by atoms with Gasteiger partial charge in [-0.15, -0.1) is 0 Å². The number of hydrogen-bond donors (Lipinski definition) is 1. The number of rotatable bonds is 6. The van der Waals surface area contributed by atoms with Gasteiger partial charge in [-0.25, -0.2) is 4.68 Å². The van der Waals surface area contributed by atoms with Gasteiger partial charge in [0.2, 0.25) is 11.7 Å². The average Bonchev–Trinajstić information content (AvgIpc) is 3.51. The van der Waals surface area contributed by atoms with Crippen LogP contribution in [0.4, 0.5) is 5.82 Å². The molecule has 1 aliphatic rings. The Kier molecular flexibility index (Phi) is 5.76. The molecular formula is C24H24N6O2.